The highest BCUT2D eigenvalue weighted by Crippen LogP contribution is 2.27. The monoisotopic (exact) mass is 340 g/mol. The number of halogens is 1. The number of nitrogens with zero attached hydrogens (tertiary/aromatic N) is 1. The largest absolute Gasteiger partial charge is 0.352 e. The first-order valence-corrected chi connectivity index (χ1v) is 9.23. The number of carbonyl (C=O) groups excluding carboxylic acids is 2. The number of anilines is 1. The quantitative estimate of drug-likeness (QED) is 0.868. The topological polar surface area (TPSA) is 83.5 Å². The molecule has 2 aliphatic heterocycles. The lowest BCUT2D eigenvalue weighted by Gasteiger charge is -2.18. The summed E-state index contributed by atoms with van der Waals surface area (Å²) in [5, 5.41) is 2.69. The number of hydrogen-bond donors (Lipinski definition) is 1. The first-order valence-electron chi connectivity index (χ1n) is 7.41. The molecule has 2 atom stereocenters. The van der Waals surface area contributed by atoms with Crippen molar-refractivity contribution in [2.75, 3.05) is 23.0 Å². The van der Waals surface area contributed by atoms with Crippen molar-refractivity contribution >= 4 is 27.3 Å². The second-order valence-corrected chi connectivity index (χ2v) is 8.19. The van der Waals surface area contributed by atoms with Crippen LogP contribution in [-0.4, -0.2) is 44.3 Å². The average Bonchev–Trinajstić information content (AvgIpc) is 3.02. The van der Waals surface area contributed by atoms with E-state index in [1.807, 2.05) is 0 Å². The predicted octanol–water partition coefficient (Wildman–Crippen LogP) is 0.482. The molecule has 1 aromatic rings. The Balaban J connectivity index is 1.66. The van der Waals surface area contributed by atoms with Gasteiger partial charge >= 0.3 is 0 Å². The summed E-state index contributed by atoms with van der Waals surface area (Å²) in [6.45, 7) is 0.102. The Kier molecular flexibility index (Phi) is 4.09. The van der Waals surface area contributed by atoms with Gasteiger partial charge in [0.25, 0.3) is 0 Å². The summed E-state index contributed by atoms with van der Waals surface area (Å²) in [5.41, 5.74) is 0.163. The fourth-order valence-corrected chi connectivity index (χ4v) is 4.69. The van der Waals surface area contributed by atoms with Gasteiger partial charge in [-0.2, -0.15) is 0 Å². The van der Waals surface area contributed by atoms with Crippen LogP contribution < -0.4 is 10.2 Å². The second-order valence-electron chi connectivity index (χ2n) is 5.97. The lowest BCUT2D eigenvalue weighted by atomic mass is 10.1. The van der Waals surface area contributed by atoms with Crippen molar-refractivity contribution in [3.63, 3.8) is 0 Å². The maximum absolute atomic E-state index is 13.8. The van der Waals surface area contributed by atoms with Crippen LogP contribution in [0.15, 0.2) is 24.3 Å². The minimum absolute atomic E-state index is 0.000360. The zero-order valence-electron chi connectivity index (χ0n) is 12.4. The minimum atomic E-state index is -3.08. The van der Waals surface area contributed by atoms with Gasteiger partial charge in [-0.1, -0.05) is 12.1 Å². The number of sulfone groups is 1. The SMILES string of the molecule is O=C(N[C@@H]1CCS(=O)(=O)C1)[C@@H]1CC(=O)N(c2ccccc2F)C1. The van der Waals surface area contributed by atoms with E-state index in [9.17, 15) is 22.4 Å². The van der Waals surface area contributed by atoms with Crippen LogP contribution in [0.1, 0.15) is 12.8 Å². The van der Waals surface area contributed by atoms with E-state index in [4.69, 9.17) is 0 Å². The lowest BCUT2D eigenvalue weighted by molar-refractivity contribution is -0.126. The van der Waals surface area contributed by atoms with E-state index in [-0.39, 0.29) is 42.0 Å². The van der Waals surface area contributed by atoms with E-state index in [1.54, 1.807) is 6.07 Å². The Labute approximate surface area is 133 Å². The van der Waals surface area contributed by atoms with Crippen molar-refractivity contribution in [1.29, 1.82) is 0 Å². The van der Waals surface area contributed by atoms with Crippen LogP contribution in [0.3, 0.4) is 0 Å². The molecule has 0 radical (unpaired) electrons. The van der Waals surface area contributed by atoms with Crippen LogP contribution in [0, 0.1) is 11.7 Å². The highest BCUT2D eigenvalue weighted by atomic mass is 32.2. The molecule has 0 unspecified atom stereocenters. The molecule has 1 N–H and O–H groups in total. The third kappa shape index (κ3) is 3.36. The highest BCUT2D eigenvalue weighted by Gasteiger charge is 2.38. The summed E-state index contributed by atoms with van der Waals surface area (Å²) in [6, 6.07) is 5.52. The number of para-hydroxylation sites is 1. The summed E-state index contributed by atoms with van der Waals surface area (Å²) >= 11 is 0. The van der Waals surface area contributed by atoms with Gasteiger partial charge in [0.2, 0.25) is 11.8 Å². The number of nitrogens with one attached hydrogen (secondary N) is 1. The average molecular weight is 340 g/mol. The number of carbonyl (C=O) groups is 2. The Hall–Kier alpha value is -1.96. The van der Waals surface area contributed by atoms with Gasteiger partial charge in [-0.05, 0) is 18.6 Å². The normalized spacial score (nSPS) is 26.5. The Morgan fingerprint density at radius 1 is 1.30 bits per heavy atom. The van der Waals surface area contributed by atoms with Crippen LogP contribution >= 0.6 is 0 Å². The number of rotatable bonds is 3. The summed E-state index contributed by atoms with van der Waals surface area (Å²) in [7, 11) is -3.08. The molecular formula is C15H17FN2O4S. The van der Waals surface area contributed by atoms with Gasteiger partial charge in [-0.3, -0.25) is 9.59 Å². The van der Waals surface area contributed by atoms with E-state index < -0.39 is 27.6 Å². The molecule has 2 amide bonds. The number of hydrogen-bond acceptors (Lipinski definition) is 4. The van der Waals surface area contributed by atoms with Gasteiger partial charge in [0.05, 0.1) is 23.1 Å². The van der Waals surface area contributed by atoms with Crippen LogP contribution in [0.5, 0.6) is 0 Å². The van der Waals surface area contributed by atoms with E-state index in [2.05, 4.69) is 5.32 Å². The minimum Gasteiger partial charge on any atom is -0.352 e. The van der Waals surface area contributed by atoms with Crippen LogP contribution in [0.25, 0.3) is 0 Å². The molecule has 0 bridgehead atoms. The molecule has 0 saturated carbocycles. The maximum Gasteiger partial charge on any atom is 0.227 e. The first-order chi connectivity index (χ1) is 10.9. The molecule has 0 aliphatic carbocycles. The third-order valence-corrected chi connectivity index (χ3v) is 5.99. The molecule has 124 valence electrons. The van der Waals surface area contributed by atoms with Crippen molar-refractivity contribution in [3.05, 3.63) is 30.1 Å². The molecule has 0 aromatic heterocycles. The molecule has 6 nitrogen and oxygen atoms in total. The molecule has 2 heterocycles. The molecule has 23 heavy (non-hydrogen) atoms. The molecule has 0 spiro atoms. The molecule has 1 aromatic carbocycles. The fourth-order valence-electron chi connectivity index (χ4n) is 3.01. The van der Waals surface area contributed by atoms with E-state index >= 15 is 0 Å². The van der Waals surface area contributed by atoms with Crippen LogP contribution in [-0.2, 0) is 19.4 Å². The zero-order valence-corrected chi connectivity index (χ0v) is 13.2. The maximum atomic E-state index is 13.8. The Bertz CT molecular complexity index is 750. The van der Waals surface area contributed by atoms with Crippen molar-refractivity contribution in [2.45, 2.75) is 18.9 Å². The van der Waals surface area contributed by atoms with Gasteiger partial charge in [0.1, 0.15) is 5.82 Å². The predicted molar refractivity (Wildman–Crippen MR) is 82.1 cm³/mol. The summed E-state index contributed by atoms with van der Waals surface area (Å²) in [5.74, 6) is -1.75. The zero-order chi connectivity index (χ0) is 16.6. The summed E-state index contributed by atoms with van der Waals surface area (Å²) < 4.78 is 36.6. The molecule has 3 rings (SSSR count). The van der Waals surface area contributed by atoms with Gasteiger partial charge in [0, 0.05) is 19.0 Å². The molecule has 2 fully saturated rings. The van der Waals surface area contributed by atoms with Crippen molar-refractivity contribution in [2.24, 2.45) is 5.92 Å². The number of amides is 2. The molecule has 2 aliphatic rings. The molecule has 2 saturated heterocycles. The second kappa shape index (κ2) is 5.92. The van der Waals surface area contributed by atoms with E-state index in [0.29, 0.717) is 6.42 Å². The van der Waals surface area contributed by atoms with Crippen molar-refractivity contribution in [1.82, 2.24) is 5.32 Å². The van der Waals surface area contributed by atoms with Crippen LogP contribution in [0.2, 0.25) is 0 Å². The fraction of sp³-hybridized carbons (Fsp3) is 0.467. The van der Waals surface area contributed by atoms with Gasteiger partial charge < -0.3 is 10.2 Å². The van der Waals surface area contributed by atoms with Gasteiger partial charge in [-0.15, -0.1) is 0 Å². The first kappa shape index (κ1) is 15.9. The van der Waals surface area contributed by atoms with Crippen molar-refractivity contribution in [3.8, 4) is 0 Å². The smallest absolute Gasteiger partial charge is 0.227 e. The number of benzene rings is 1. The highest BCUT2D eigenvalue weighted by molar-refractivity contribution is 7.91. The van der Waals surface area contributed by atoms with Crippen molar-refractivity contribution < 1.29 is 22.4 Å². The van der Waals surface area contributed by atoms with Gasteiger partial charge in [-0.25, -0.2) is 12.8 Å². The van der Waals surface area contributed by atoms with E-state index in [1.165, 1.54) is 23.1 Å². The Morgan fingerprint density at radius 2 is 2.04 bits per heavy atom. The Morgan fingerprint density at radius 3 is 2.70 bits per heavy atom. The standard InChI is InChI=1S/C15H17FN2O4S/c16-12-3-1-2-4-13(12)18-8-10(7-14(18)19)15(20)17-11-5-6-23(21,22)9-11/h1-4,10-11H,5-9H2,(H,17,20)/t10-,11-/m1/s1. The summed E-state index contributed by atoms with van der Waals surface area (Å²) in [4.78, 5) is 25.6. The molecule has 8 heteroatoms. The lowest BCUT2D eigenvalue weighted by Crippen LogP contribution is -2.40. The van der Waals surface area contributed by atoms with Crippen LogP contribution in [0.4, 0.5) is 10.1 Å². The van der Waals surface area contributed by atoms with Gasteiger partial charge in [0.15, 0.2) is 9.84 Å². The summed E-state index contributed by atoms with van der Waals surface area (Å²) in [6.07, 6.45) is 0.394. The molecular weight excluding hydrogens is 323 g/mol. The van der Waals surface area contributed by atoms with E-state index in [0.717, 1.165) is 0 Å². The third-order valence-electron chi connectivity index (χ3n) is 4.22.